The van der Waals surface area contributed by atoms with Crippen molar-refractivity contribution >= 4 is 137 Å². The standard InChI is InChI=1S/C106H96BN3Si2/c1-103(2,3)77-63-75(64-78(69-77)104(4,5)6)73-51-61-94-98(67-73)108(81-53-57-90(58-54-81)111(84-35-19-13-20-36-84,85-37-21-14-22-38-85)86-39-23-15-24-40-86)100-71-83(110-96-49-33-31-47-92(96)93-48-32-34-50-97(93)110)72-101-102(100)107(94)95-62-52-74(76-65-79(105(7,8)9)70-80(66-76)106(10,11)12)68-99(95)109(101)82-55-59-91(60-56-82)112(87-41-25-16-26-42-87,88-43-27-17-28-44-88)89-45-29-18-30-46-89/h13-72H,1-12H3. The Hall–Kier alpha value is -11.8. The zero-order chi connectivity index (χ0) is 77.1. The van der Waals surface area contributed by atoms with Gasteiger partial charge >= 0.3 is 0 Å². The molecule has 3 nitrogen and oxygen atoms in total. The van der Waals surface area contributed by atoms with E-state index in [-0.39, 0.29) is 28.4 Å². The molecule has 0 aliphatic carbocycles. The van der Waals surface area contributed by atoms with E-state index in [1.54, 1.807) is 0 Å². The van der Waals surface area contributed by atoms with E-state index < -0.39 is 16.1 Å². The first kappa shape index (κ1) is 71.8. The lowest BCUT2D eigenvalue weighted by Crippen LogP contribution is -2.74. The molecule has 0 amide bonds. The minimum Gasteiger partial charge on any atom is -0.311 e. The van der Waals surface area contributed by atoms with E-state index in [0.717, 1.165) is 50.8 Å². The van der Waals surface area contributed by atoms with E-state index in [9.17, 15) is 0 Å². The van der Waals surface area contributed by atoms with Crippen molar-refractivity contribution in [3.05, 3.63) is 386 Å². The number of anilines is 6. The van der Waals surface area contributed by atoms with Gasteiger partial charge in [-0.25, -0.2) is 0 Å². The van der Waals surface area contributed by atoms with E-state index in [4.69, 9.17) is 0 Å². The van der Waals surface area contributed by atoms with Gasteiger partial charge in [0.05, 0.1) is 16.7 Å². The number of hydrogen-bond donors (Lipinski definition) is 0. The summed E-state index contributed by atoms with van der Waals surface area (Å²) in [4.78, 5) is 5.33. The summed E-state index contributed by atoms with van der Waals surface area (Å²) >= 11 is 0. The molecule has 15 aromatic carbocycles. The number of rotatable bonds is 13. The molecule has 2 aliphatic rings. The second kappa shape index (κ2) is 27.6. The second-order valence-corrected chi connectivity index (χ2v) is 42.9. The molecule has 0 N–H and O–H groups in total. The number of aromatic nitrogens is 1. The summed E-state index contributed by atoms with van der Waals surface area (Å²) in [5, 5.41) is 13.1. The maximum absolute atomic E-state index is 2.97. The molecule has 0 bridgehead atoms. The third-order valence-corrected chi connectivity index (χ3v) is 33.8. The molecule has 0 atom stereocenters. The van der Waals surface area contributed by atoms with Crippen molar-refractivity contribution in [3.63, 3.8) is 0 Å². The van der Waals surface area contributed by atoms with Gasteiger partial charge in [0.2, 0.25) is 0 Å². The van der Waals surface area contributed by atoms with Crippen molar-refractivity contribution in [2.24, 2.45) is 0 Å². The van der Waals surface area contributed by atoms with E-state index in [1.807, 2.05) is 0 Å². The summed E-state index contributed by atoms with van der Waals surface area (Å²) in [6.45, 7) is 28.1. The number of benzene rings is 15. The zero-order valence-corrected chi connectivity index (χ0v) is 68.6. The Morgan fingerprint density at radius 3 is 0.777 bits per heavy atom. The molecule has 3 heterocycles. The fourth-order valence-electron chi connectivity index (χ4n) is 18.4. The molecule has 0 fully saturated rings. The summed E-state index contributed by atoms with van der Waals surface area (Å²) in [5.41, 5.74) is 23.7. The van der Waals surface area contributed by atoms with Crippen LogP contribution < -0.4 is 67.7 Å². The SMILES string of the molecule is CC(C)(C)c1cc(-c2ccc3c(c2)N(c2ccc([Si](c4ccccc4)(c4ccccc4)c4ccccc4)cc2)c2cc(-n4c5ccccc5c5ccccc54)cc4c2B3c2ccc(-c3cc(C(C)(C)C)cc(C(C)(C)C)c3)cc2N4c2ccc([Si](c3ccccc3)(c3ccccc3)c3ccccc3)cc2)cc(C(C)(C)C)c1. The van der Waals surface area contributed by atoms with E-state index in [0.29, 0.717) is 0 Å². The van der Waals surface area contributed by atoms with Gasteiger partial charge in [-0.2, -0.15) is 0 Å². The van der Waals surface area contributed by atoms with Crippen molar-refractivity contribution in [3.8, 4) is 27.9 Å². The van der Waals surface area contributed by atoms with Gasteiger partial charge in [-0.15, -0.1) is 0 Å². The highest BCUT2D eigenvalue weighted by atomic mass is 28.3. The highest BCUT2D eigenvalue weighted by molar-refractivity contribution is 7.20. The van der Waals surface area contributed by atoms with Gasteiger partial charge in [0.15, 0.2) is 16.1 Å². The first-order valence-corrected chi connectivity index (χ1v) is 44.0. The molecular formula is C106H96BN3Si2. The molecule has 0 unspecified atom stereocenters. The predicted molar refractivity (Wildman–Crippen MR) is 488 cm³/mol. The normalized spacial score (nSPS) is 13.1. The van der Waals surface area contributed by atoms with Crippen LogP contribution in [0.15, 0.2) is 364 Å². The van der Waals surface area contributed by atoms with Crippen LogP contribution in [-0.2, 0) is 21.7 Å². The van der Waals surface area contributed by atoms with Crippen molar-refractivity contribution in [2.75, 3.05) is 9.80 Å². The Kier molecular flexibility index (Phi) is 17.7. The quantitative estimate of drug-likeness (QED) is 0.0842. The average Bonchev–Trinajstić information content (AvgIpc) is 0.760. The summed E-state index contributed by atoms with van der Waals surface area (Å²) in [5.74, 6) is 0. The largest absolute Gasteiger partial charge is 0.311 e. The molecule has 112 heavy (non-hydrogen) atoms. The second-order valence-electron chi connectivity index (χ2n) is 35.3. The minimum atomic E-state index is -2.97. The highest BCUT2D eigenvalue weighted by Gasteiger charge is 2.47. The number of fused-ring (bicyclic) bond motifs is 7. The lowest BCUT2D eigenvalue weighted by molar-refractivity contribution is 0.568. The van der Waals surface area contributed by atoms with Crippen LogP contribution in [0.5, 0.6) is 0 Å². The minimum absolute atomic E-state index is 0.0929. The Bertz CT molecular complexity index is 5570. The first-order valence-electron chi connectivity index (χ1n) is 40.0. The van der Waals surface area contributed by atoms with Crippen molar-refractivity contribution in [1.82, 2.24) is 4.57 Å². The predicted octanol–water partition coefficient (Wildman–Crippen LogP) is 20.1. The van der Waals surface area contributed by atoms with Gasteiger partial charge in [0.1, 0.15) is 0 Å². The molecule has 2 aliphatic heterocycles. The molecule has 18 rings (SSSR count). The van der Waals surface area contributed by atoms with Crippen LogP contribution in [0.1, 0.15) is 105 Å². The van der Waals surface area contributed by atoms with E-state index in [2.05, 4.69) is 461 Å². The molecule has 16 aromatic rings. The summed E-state index contributed by atoms with van der Waals surface area (Å²) in [6.07, 6.45) is 0. The lowest BCUT2D eigenvalue weighted by Gasteiger charge is -2.45. The van der Waals surface area contributed by atoms with Crippen LogP contribution in [0.3, 0.4) is 0 Å². The van der Waals surface area contributed by atoms with Gasteiger partial charge < -0.3 is 14.4 Å². The number of hydrogen-bond acceptors (Lipinski definition) is 2. The van der Waals surface area contributed by atoms with Gasteiger partial charge in [0.25, 0.3) is 6.71 Å². The Balaban J connectivity index is 0.961. The topological polar surface area (TPSA) is 11.4 Å². The average molecular weight is 1480 g/mol. The van der Waals surface area contributed by atoms with Gasteiger partial charge in [-0.1, -0.05) is 386 Å². The summed E-state index contributed by atoms with van der Waals surface area (Å²) < 4.78 is 2.55. The smallest absolute Gasteiger partial charge is 0.252 e. The van der Waals surface area contributed by atoms with Crippen molar-refractivity contribution in [2.45, 2.75) is 105 Å². The number of nitrogens with zero attached hydrogens (tertiary/aromatic N) is 3. The molecule has 546 valence electrons. The van der Waals surface area contributed by atoms with E-state index >= 15 is 0 Å². The number of para-hydroxylation sites is 2. The Labute approximate surface area is 665 Å². The van der Waals surface area contributed by atoms with Crippen LogP contribution in [0, 0.1) is 0 Å². The maximum atomic E-state index is 2.66. The van der Waals surface area contributed by atoms with Gasteiger partial charge in [-0.3, -0.25) is 0 Å². The maximum Gasteiger partial charge on any atom is 0.252 e. The third-order valence-electron chi connectivity index (χ3n) is 24.2. The van der Waals surface area contributed by atoms with Gasteiger partial charge in [0, 0.05) is 44.9 Å². The van der Waals surface area contributed by atoms with Crippen LogP contribution in [0.25, 0.3) is 49.7 Å². The summed E-state index contributed by atoms with van der Waals surface area (Å²) in [6, 6.07) is 141. The van der Waals surface area contributed by atoms with Crippen LogP contribution in [0.2, 0.25) is 0 Å². The van der Waals surface area contributed by atoms with Crippen LogP contribution in [0.4, 0.5) is 34.1 Å². The Morgan fingerprint density at radius 2 is 0.491 bits per heavy atom. The van der Waals surface area contributed by atoms with Crippen molar-refractivity contribution < 1.29 is 0 Å². The van der Waals surface area contributed by atoms with Crippen LogP contribution >= 0.6 is 0 Å². The lowest BCUT2D eigenvalue weighted by atomic mass is 9.33. The zero-order valence-electron chi connectivity index (χ0n) is 66.6. The third kappa shape index (κ3) is 12.2. The molecule has 0 saturated carbocycles. The highest BCUT2D eigenvalue weighted by Crippen LogP contribution is 2.49. The molecule has 0 radical (unpaired) electrons. The first-order chi connectivity index (χ1) is 54.1. The molecule has 0 saturated heterocycles. The molecule has 0 spiro atoms. The van der Waals surface area contributed by atoms with Crippen molar-refractivity contribution in [1.29, 1.82) is 0 Å². The summed E-state index contributed by atoms with van der Waals surface area (Å²) in [7, 11) is -5.93. The van der Waals surface area contributed by atoms with E-state index in [1.165, 1.54) is 113 Å². The molecular weight excluding hydrogens is 1380 g/mol. The van der Waals surface area contributed by atoms with Crippen LogP contribution in [-0.4, -0.2) is 27.4 Å². The molecule has 1 aromatic heterocycles. The monoisotopic (exact) mass is 1480 g/mol. The van der Waals surface area contributed by atoms with Gasteiger partial charge in [-0.05, 0) is 185 Å². The Morgan fingerprint density at radius 1 is 0.223 bits per heavy atom. The fraction of sp³-hybridized carbons (Fsp3) is 0.151. The molecule has 6 heteroatoms. The fourth-order valence-corrected chi connectivity index (χ4v) is 27.9.